The second-order valence-electron chi connectivity index (χ2n) is 5.71. The average Bonchev–Trinajstić information content (AvgIpc) is 2.98. The number of halogens is 1. The van der Waals surface area contributed by atoms with E-state index >= 15 is 0 Å². The van der Waals surface area contributed by atoms with Gasteiger partial charge in [0.05, 0.1) is 5.70 Å². The van der Waals surface area contributed by atoms with Gasteiger partial charge in [0.15, 0.2) is 0 Å². The highest BCUT2D eigenvalue weighted by Crippen LogP contribution is 2.22. The predicted molar refractivity (Wildman–Crippen MR) is 97.6 cm³/mol. The molecule has 0 aromatic carbocycles. The number of allylic oxidation sites excluding steroid dienone is 1. The monoisotopic (exact) mass is 333 g/mol. The number of nitrogens with zero attached hydrogens (tertiary/aromatic N) is 4. The Kier molecular flexibility index (Phi) is 6.16. The molecule has 5 nitrogen and oxygen atoms in total. The summed E-state index contributed by atoms with van der Waals surface area (Å²) in [6.07, 6.45) is 6.77. The number of hydrogen-bond donors (Lipinski definition) is 1. The van der Waals surface area contributed by atoms with E-state index in [1.807, 2.05) is 13.8 Å². The van der Waals surface area contributed by atoms with Crippen LogP contribution < -0.4 is 10.2 Å². The second-order valence-corrected chi connectivity index (χ2v) is 5.93. The first-order valence-corrected chi connectivity index (χ1v) is 8.38. The van der Waals surface area contributed by atoms with Crippen molar-refractivity contribution in [1.29, 1.82) is 0 Å². The molecule has 2 rings (SSSR count). The second kappa shape index (κ2) is 8.11. The van der Waals surface area contributed by atoms with Gasteiger partial charge in [0.2, 0.25) is 5.95 Å². The topological polar surface area (TPSA) is 53.4 Å². The first-order chi connectivity index (χ1) is 11.0. The summed E-state index contributed by atoms with van der Waals surface area (Å²) < 4.78 is 0. The molecule has 23 heavy (non-hydrogen) atoms. The van der Waals surface area contributed by atoms with Crippen LogP contribution in [-0.2, 0) is 0 Å². The van der Waals surface area contributed by atoms with Crippen LogP contribution in [0.5, 0.6) is 0 Å². The fourth-order valence-electron chi connectivity index (χ4n) is 2.57. The highest BCUT2D eigenvalue weighted by Gasteiger charge is 2.22. The lowest BCUT2D eigenvalue weighted by molar-refractivity contribution is 0.716. The predicted octanol–water partition coefficient (Wildman–Crippen LogP) is 3.93. The number of nitrogens with one attached hydrogen (secondary N) is 1. The van der Waals surface area contributed by atoms with Gasteiger partial charge in [-0.1, -0.05) is 25.1 Å². The Hall–Kier alpha value is -1.88. The summed E-state index contributed by atoms with van der Waals surface area (Å²) in [5.41, 5.74) is 3.88. The number of aromatic nitrogens is 2. The molecule has 2 heterocycles. The maximum atomic E-state index is 5.73. The van der Waals surface area contributed by atoms with Gasteiger partial charge < -0.3 is 10.2 Å². The van der Waals surface area contributed by atoms with Crippen molar-refractivity contribution in [1.82, 2.24) is 15.3 Å². The van der Waals surface area contributed by atoms with Crippen molar-refractivity contribution in [2.24, 2.45) is 4.99 Å². The van der Waals surface area contributed by atoms with E-state index in [1.165, 1.54) is 18.4 Å². The van der Waals surface area contributed by atoms with Gasteiger partial charge in [0, 0.05) is 41.8 Å². The molecule has 1 N–H and O–H groups in total. The van der Waals surface area contributed by atoms with Gasteiger partial charge in [-0.2, -0.15) is 0 Å². The Bertz CT molecular complexity index is 606. The summed E-state index contributed by atoms with van der Waals surface area (Å²) in [6, 6.07) is 0.503. The molecule has 1 aromatic heterocycles. The van der Waals surface area contributed by atoms with Crippen LogP contribution in [0, 0.1) is 0 Å². The molecule has 0 radical (unpaired) electrons. The zero-order chi connectivity index (χ0) is 16.8. The third-order valence-electron chi connectivity index (χ3n) is 3.94. The Balaban J connectivity index is 2.05. The number of rotatable bonds is 5. The van der Waals surface area contributed by atoms with E-state index in [2.05, 4.69) is 38.7 Å². The van der Waals surface area contributed by atoms with E-state index in [-0.39, 0.29) is 0 Å². The van der Waals surface area contributed by atoms with Gasteiger partial charge in [-0.25, -0.2) is 15.0 Å². The van der Waals surface area contributed by atoms with Crippen LogP contribution in [0.2, 0.25) is 0 Å². The molecule has 1 aliphatic heterocycles. The summed E-state index contributed by atoms with van der Waals surface area (Å²) in [5, 5.41) is 3.15. The Morgan fingerprint density at radius 2 is 2.22 bits per heavy atom. The molecule has 0 amide bonds. The molecular weight excluding hydrogens is 310 g/mol. The Morgan fingerprint density at radius 3 is 2.74 bits per heavy atom. The number of anilines is 1. The molecule has 1 fully saturated rings. The van der Waals surface area contributed by atoms with Gasteiger partial charge >= 0.3 is 0 Å². The van der Waals surface area contributed by atoms with Crippen molar-refractivity contribution >= 4 is 29.1 Å². The maximum absolute atomic E-state index is 5.73. The first-order valence-electron chi connectivity index (χ1n) is 7.94. The Labute approximate surface area is 143 Å². The molecule has 1 aromatic rings. The van der Waals surface area contributed by atoms with Crippen LogP contribution in [0.15, 0.2) is 35.2 Å². The maximum Gasteiger partial charge on any atom is 0.225 e. The zero-order valence-electron chi connectivity index (χ0n) is 14.0. The minimum absolute atomic E-state index is 0.503. The average molecular weight is 334 g/mol. The zero-order valence-corrected chi connectivity index (χ0v) is 14.8. The van der Waals surface area contributed by atoms with Gasteiger partial charge in [-0.05, 0) is 33.1 Å². The molecule has 124 valence electrons. The lowest BCUT2D eigenvalue weighted by Crippen LogP contribution is -2.28. The molecule has 0 saturated carbocycles. The molecule has 1 unspecified atom stereocenters. The normalized spacial score (nSPS) is 19.1. The lowest BCUT2D eigenvalue weighted by atomic mass is 10.2. The van der Waals surface area contributed by atoms with E-state index in [1.54, 1.807) is 12.4 Å². The van der Waals surface area contributed by atoms with E-state index in [0.29, 0.717) is 11.7 Å². The van der Waals surface area contributed by atoms with Crippen molar-refractivity contribution in [2.45, 2.75) is 46.1 Å². The fourth-order valence-corrected chi connectivity index (χ4v) is 2.78. The van der Waals surface area contributed by atoms with Gasteiger partial charge in [-0.15, -0.1) is 0 Å². The lowest BCUT2D eigenvalue weighted by Gasteiger charge is -2.21. The summed E-state index contributed by atoms with van der Waals surface area (Å²) in [4.78, 5) is 15.6. The SMILES string of the molecule is C=C(N=C(C)N/C(=C/Cl)CC)c1cnc(N2CCCC2C)nc1. The highest BCUT2D eigenvalue weighted by atomic mass is 35.5. The largest absolute Gasteiger partial charge is 0.347 e. The third-order valence-corrected chi connectivity index (χ3v) is 4.20. The third kappa shape index (κ3) is 4.55. The molecule has 0 aliphatic carbocycles. The molecule has 0 bridgehead atoms. The molecule has 1 saturated heterocycles. The molecule has 1 atom stereocenters. The van der Waals surface area contributed by atoms with Crippen molar-refractivity contribution in [3.05, 3.63) is 35.8 Å². The van der Waals surface area contributed by atoms with Crippen LogP contribution >= 0.6 is 11.6 Å². The summed E-state index contributed by atoms with van der Waals surface area (Å²) in [5.74, 6) is 1.52. The van der Waals surface area contributed by atoms with E-state index in [0.717, 1.165) is 36.0 Å². The number of aliphatic imine (C=N–C) groups is 1. The van der Waals surface area contributed by atoms with Crippen LogP contribution in [0.1, 0.15) is 45.6 Å². The first kappa shape index (κ1) is 17.5. The van der Waals surface area contributed by atoms with E-state index in [4.69, 9.17) is 11.6 Å². The van der Waals surface area contributed by atoms with Gasteiger partial charge in [0.25, 0.3) is 0 Å². The molecular formula is C17H24ClN5. The van der Waals surface area contributed by atoms with Crippen molar-refractivity contribution in [3.63, 3.8) is 0 Å². The van der Waals surface area contributed by atoms with Crippen molar-refractivity contribution in [2.75, 3.05) is 11.4 Å². The van der Waals surface area contributed by atoms with Crippen LogP contribution in [0.4, 0.5) is 5.95 Å². The minimum Gasteiger partial charge on any atom is -0.347 e. The summed E-state index contributed by atoms with van der Waals surface area (Å²) >= 11 is 5.73. The van der Waals surface area contributed by atoms with Gasteiger partial charge in [-0.3, -0.25) is 0 Å². The smallest absolute Gasteiger partial charge is 0.225 e. The summed E-state index contributed by atoms with van der Waals surface area (Å²) in [6.45, 7) is 11.1. The van der Waals surface area contributed by atoms with Crippen molar-refractivity contribution in [3.8, 4) is 0 Å². The highest BCUT2D eigenvalue weighted by molar-refractivity contribution is 6.25. The van der Waals surface area contributed by atoms with E-state index < -0.39 is 0 Å². The molecule has 0 spiro atoms. The van der Waals surface area contributed by atoms with Crippen LogP contribution in [0.25, 0.3) is 5.70 Å². The van der Waals surface area contributed by atoms with Crippen LogP contribution in [0.3, 0.4) is 0 Å². The standard InChI is InChI=1S/C17H24ClN5/c1-5-16(9-18)22-14(4)21-13(3)15-10-19-17(20-11-15)23-8-6-7-12(23)2/h9-12H,3,5-8H2,1-2,4H3,(H,21,22)/b16-9+. The molecule has 1 aliphatic rings. The number of amidine groups is 1. The van der Waals surface area contributed by atoms with Gasteiger partial charge in [0.1, 0.15) is 5.84 Å². The quantitative estimate of drug-likeness (QED) is 0.655. The number of hydrogen-bond acceptors (Lipinski definition) is 4. The molecule has 6 heteroatoms. The fraction of sp³-hybridized carbons (Fsp3) is 0.471. The van der Waals surface area contributed by atoms with Crippen LogP contribution in [-0.4, -0.2) is 28.4 Å². The minimum atomic E-state index is 0.503. The summed E-state index contributed by atoms with van der Waals surface area (Å²) in [7, 11) is 0. The van der Waals surface area contributed by atoms with E-state index in [9.17, 15) is 0 Å². The van der Waals surface area contributed by atoms with Crippen molar-refractivity contribution < 1.29 is 0 Å². The Morgan fingerprint density at radius 1 is 1.52 bits per heavy atom.